The van der Waals surface area contributed by atoms with Gasteiger partial charge in [0.05, 0.1) is 12.0 Å². The minimum Gasteiger partial charge on any atom is -0.308 e. The summed E-state index contributed by atoms with van der Waals surface area (Å²) >= 11 is 0. The number of carbonyl (C=O) groups is 2. The molecule has 23 heavy (non-hydrogen) atoms. The Hall–Kier alpha value is -1.81. The first-order chi connectivity index (χ1) is 11.0. The molecule has 1 aliphatic carbocycles. The summed E-state index contributed by atoms with van der Waals surface area (Å²) in [5.41, 5.74) is 3.07. The molecule has 1 saturated carbocycles. The number of nitriles is 1. The fourth-order valence-electron chi connectivity index (χ4n) is 3.92. The highest BCUT2D eigenvalue weighted by Crippen LogP contribution is 2.38. The number of carbonyl (C=O) groups excluding carboxylic acids is 2. The van der Waals surface area contributed by atoms with Gasteiger partial charge in [0.1, 0.15) is 6.54 Å². The Morgan fingerprint density at radius 2 is 2.04 bits per heavy atom. The predicted octanol–water partition coefficient (Wildman–Crippen LogP) is 1.48. The van der Waals surface area contributed by atoms with Gasteiger partial charge in [-0.25, -0.2) is 9.80 Å². The molecule has 7 heteroatoms. The van der Waals surface area contributed by atoms with Crippen molar-refractivity contribution in [3.8, 4) is 6.07 Å². The zero-order valence-corrected chi connectivity index (χ0v) is 13.9. The minimum absolute atomic E-state index is 0.00453. The van der Waals surface area contributed by atoms with E-state index in [1.165, 1.54) is 5.01 Å². The lowest BCUT2D eigenvalue weighted by Crippen LogP contribution is -2.66. The number of nitrogens with one attached hydrogen (secondary N) is 1. The zero-order valence-electron chi connectivity index (χ0n) is 13.9. The lowest BCUT2D eigenvalue weighted by atomic mass is 9.81. The molecule has 3 amide bonds. The molecule has 3 fully saturated rings. The van der Waals surface area contributed by atoms with Gasteiger partial charge in [-0.2, -0.15) is 10.7 Å². The van der Waals surface area contributed by atoms with E-state index in [0.717, 1.165) is 32.1 Å². The van der Waals surface area contributed by atoms with Crippen LogP contribution in [0.15, 0.2) is 0 Å². The summed E-state index contributed by atoms with van der Waals surface area (Å²) in [6, 6.07) is 1.81. The fraction of sp³-hybridized carbons (Fsp3) is 0.812. The molecule has 3 atom stereocenters. The normalized spacial score (nSPS) is 30.5. The maximum absolute atomic E-state index is 13.0. The Morgan fingerprint density at radius 1 is 1.30 bits per heavy atom. The second kappa shape index (κ2) is 6.36. The van der Waals surface area contributed by atoms with Gasteiger partial charge in [-0.3, -0.25) is 9.69 Å². The first kappa shape index (κ1) is 16.1. The van der Waals surface area contributed by atoms with Gasteiger partial charge in [-0.1, -0.05) is 26.7 Å². The van der Waals surface area contributed by atoms with E-state index in [2.05, 4.69) is 19.3 Å². The lowest BCUT2D eigenvalue weighted by Gasteiger charge is -2.48. The first-order valence-electron chi connectivity index (χ1n) is 8.58. The van der Waals surface area contributed by atoms with Gasteiger partial charge in [0.2, 0.25) is 5.91 Å². The number of urea groups is 1. The summed E-state index contributed by atoms with van der Waals surface area (Å²) in [5.74, 6) is 0.573. The average molecular weight is 319 g/mol. The first-order valence-corrected chi connectivity index (χ1v) is 8.58. The van der Waals surface area contributed by atoms with Crippen LogP contribution in [0.2, 0.25) is 0 Å². The van der Waals surface area contributed by atoms with E-state index in [1.54, 1.807) is 0 Å². The number of amides is 3. The summed E-state index contributed by atoms with van der Waals surface area (Å²) in [4.78, 5) is 29.2. The molecule has 2 saturated heterocycles. The lowest BCUT2D eigenvalue weighted by molar-refractivity contribution is -0.156. The number of hydrogen-bond acceptors (Lipinski definition) is 4. The van der Waals surface area contributed by atoms with Crippen LogP contribution in [0.25, 0.3) is 0 Å². The maximum atomic E-state index is 13.0. The topological polar surface area (TPSA) is 79.7 Å². The van der Waals surface area contributed by atoms with Crippen molar-refractivity contribution in [3.05, 3.63) is 0 Å². The number of nitrogens with zero attached hydrogens (tertiary/aromatic N) is 4. The highest BCUT2D eigenvalue weighted by Gasteiger charge is 2.54. The van der Waals surface area contributed by atoms with Gasteiger partial charge < -0.3 is 4.90 Å². The summed E-state index contributed by atoms with van der Waals surface area (Å²) < 4.78 is 0. The van der Waals surface area contributed by atoms with E-state index in [0.29, 0.717) is 12.5 Å². The Morgan fingerprint density at radius 3 is 2.74 bits per heavy atom. The molecule has 2 aliphatic heterocycles. The summed E-state index contributed by atoms with van der Waals surface area (Å²) in [5, 5.41) is 10.3. The van der Waals surface area contributed by atoms with Gasteiger partial charge in [-0.15, -0.1) is 0 Å². The molecule has 3 aliphatic rings. The molecule has 126 valence electrons. The third-order valence-corrected chi connectivity index (χ3v) is 5.15. The van der Waals surface area contributed by atoms with E-state index >= 15 is 0 Å². The van der Waals surface area contributed by atoms with Crippen LogP contribution in [0.4, 0.5) is 4.79 Å². The molecule has 0 radical (unpaired) electrons. The SMILES string of the molecule is CC(C)CCN1C(=O)C2CCCCC2N2C(=O)N(CC#N)NC12. The van der Waals surface area contributed by atoms with Crippen molar-refractivity contribution in [2.45, 2.75) is 58.3 Å². The van der Waals surface area contributed by atoms with Crippen LogP contribution in [0.3, 0.4) is 0 Å². The molecule has 0 aromatic carbocycles. The van der Waals surface area contributed by atoms with Crippen LogP contribution in [-0.4, -0.2) is 52.2 Å². The van der Waals surface area contributed by atoms with Crippen LogP contribution < -0.4 is 5.43 Å². The Bertz CT molecular complexity index is 529. The molecule has 3 rings (SSSR count). The van der Waals surface area contributed by atoms with Gasteiger partial charge in [0.15, 0.2) is 6.29 Å². The maximum Gasteiger partial charge on any atom is 0.338 e. The van der Waals surface area contributed by atoms with E-state index in [-0.39, 0.29) is 30.4 Å². The van der Waals surface area contributed by atoms with Crippen molar-refractivity contribution in [2.75, 3.05) is 13.1 Å². The Kier molecular flexibility index (Phi) is 4.44. The molecule has 0 aromatic heterocycles. The standard InChI is InChI=1S/C16H25N5O2/c1-11(2)7-9-19-14(22)12-5-3-4-6-13(12)21-15(19)18-20(10-8-17)16(21)23/h11-13,15,18H,3-7,9-10H2,1-2H3. The van der Waals surface area contributed by atoms with Crippen molar-refractivity contribution in [3.63, 3.8) is 0 Å². The van der Waals surface area contributed by atoms with Crippen LogP contribution in [-0.2, 0) is 4.79 Å². The molecular formula is C16H25N5O2. The quantitative estimate of drug-likeness (QED) is 0.796. The fourth-order valence-corrected chi connectivity index (χ4v) is 3.92. The second-order valence-corrected chi connectivity index (χ2v) is 7.11. The second-order valence-electron chi connectivity index (χ2n) is 7.11. The van der Waals surface area contributed by atoms with Crippen molar-refractivity contribution >= 4 is 11.9 Å². The van der Waals surface area contributed by atoms with Crippen molar-refractivity contribution in [2.24, 2.45) is 11.8 Å². The molecule has 7 nitrogen and oxygen atoms in total. The summed E-state index contributed by atoms with van der Waals surface area (Å²) in [6.45, 7) is 4.90. The van der Waals surface area contributed by atoms with Gasteiger partial charge in [0.25, 0.3) is 0 Å². The van der Waals surface area contributed by atoms with Crippen LogP contribution in [0, 0.1) is 23.2 Å². The zero-order chi connectivity index (χ0) is 16.6. The van der Waals surface area contributed by atoms with E-state index < -0.39 is 6.29 Å². The van der Waals surface area contributed by atoms with E-state index in [4.69, 9.17) is 5.26 Å². The smallest absolute Gasteiger partial charge is 0.308 e. The van der Waals surface area contributed by atoms with Crippen LogP contribution in [0.5, 0.6) is 0 Å². The minimum atomic E-state index is -0.429. The number of hydrogen-bond donors (Lipinski definition) is 1. The molecule has 0 spiro atoms. The number of fused-ring (bicyclic) bond motifs is 3. The highest BCUT2D eigenvalue weighted by molar-refractivity contribution is 5.85. The van der Waals surface area contributed by atoms with Gasteiger partial charge >= 0.3 is 6.03 Å². The predicted molar refractivity (Wildman–Crippen MR) is 83.4 cm³/mol. The molecule has 3 unspecified atom stereocenters. The van der Waals surface area contributed by atoms with Gasteiger partial charge in [0, 0.05) is 12.6 Å². The molecule has 2 heterocycles. The molecule has 1 N–H and O–H groups in total. The molecule has 0 bridgehead atoms. The molecule has 0 aromatic rings. The van der Waals surface area contributed by atoms with Crippen LogP contribution in [0.1, 0.15) is 46.0 Å². The summed E-state index contributed by atoms with van der Waals surface area (Å²) in [6.07, 6.45) is 4.31. The van der Waals surface area contributed by atoms with E-state index in [9.17, 15) is 9.59 Å². The third kappa shape index (κ3) is 2.76. The molecular weight excluding hydrogens is 294 g/mol. The number of hydrazine groups is 1. The Balaban J connectivity index is 1.87. The average Bonchev–Trinajstić information content (AvgIpc) is 2.84. The Labute approximate surface area is 137 Å². The van der Waals surface area contributed by atoms with Crippen LogP contribution >= 0.6 is 0 Å². The van der Waals surface area contributed by atoms with E-state index in [1.807, 2.05) is 15.9 Å². The highest BCUT2D eigenvalue weighted by atomic mass is 16.2. The largest absolute Gasteiger partial charge is 0.338 e. The monoisotopic (exact) mass is 319 g/mol. The van der Waals surface area contributed by atoms with Crippen molar-refractivity contribution in [1.82, 2.24) is 20.2 Å². The third-order valence-electron chi connectivity index (χ3n) is 5.15. The number of rotatable bonds is 4. The van der Waals surface area contributed by atoms with Crippen molar-refractivity contribution < 1.29 is 9.59 Å². The van der Waals surface area contributed by atoms with Gasteiger partial charge in [-0.05, 0) is 25.2 Å². The van der Waals surface area contributed by atoms with Crippen molar-refractivity contribution in [1.29, 1.82) is 5.26 Å². The summed E-state index contributed by atoms with van der Waals surface area (Å²) in [7, 11) is 0.